The Labute approximate surface area is 110 Å². The van der Waals surface area contributed by atoms with Crippen molar-refractivity contribution in [3.8, 4) is 0 Å². The molecule has 0 amide bonds. The zero-order chi connectivity index (χ0) is 12.6. The molecule has 0 atom stereocenters. The SMILES string of the molecule is CCCn1cc(CNCCCN2CCCC2)cn1. The van der Waals surface area contributed by atoms with E-state index in [4.69, 9.17) is 0 Å². The largest absolute Gasteiger partial charge is 0.313 e. The summed E-state index contributed by atoms with van der Waals surface area (Å²) in [5.41, 5.74) is 1.30. The molecule has 4 nitrogen and oxygen atoms in total. The highest BCUT2D eigenvalue weighted by molar-refractivity contribution is 5.03. The molecule has 4 heteroatoms. The van der Waals surface area contributed by atoms with Crippen molar-refractivity contribution < 1.29 is 0 Å². The van der Waals surface area contributed by atoms with E-state index in [1.165, 1.54) is 44.5 Å². The molecular formula is C14H26N4. The van der Waals surface area contributed by atoms with Crippen LogP contribution >= 0.6 is 0 Å². The molecule has 0 unspecified atom stereocenters. The predicted octanol–water partition coefficient (Wildman–Crippen LogP) is 1.87. The summed E-state index contributed by atoms with van der Waals surface area (Å²) < 4.78 is 2.03. The first-order chi connectivity index (χ1) is 8.88. The molecule has 0 aliphatic carbocycles. The van der Waals surface area contributed by atoms with Gasteiger partial charge in [-0.25, -0.2) is 0 Å². The number of nitrogens with zero attached hydrogens (tertiary/aromatic N) is 3. The fraction of sp³-hybridized carbons (Fsp3) is 0.786. The lowest BCUT2D eigenvalue weighted by Crippen LogP contribution is -2.24. The van der Waals surface area contributed by atoms with Crippen LogP contribution in [0.4, 0.5) is 0 Å². The number of aryl methyl sites for hydroxylation is 1. The molecule has 0 bridgehead atoms. The third kappa shape index (κ3) is 4.42. The lowest BCUT2D eigenvalue weighted by atomic mass is 10.3. The van der Waals surface area contributed by atoms with Crippen LogP contribution < -0.4 is 5.32 Å². The Kier molecular flexibility index (Phi) is 5.68. The van der Waals surface area contributed by atoms with Crippen molar-refractivity contribution in [1.29, 1.82) is 0 Å². The van der Waals surface area contributed by atoms with Crippen LogP contribution in [0.1, 0.15) is 38.2 Å². The van der Waals surface area contributed by atoms with E-state index in [2.05, 4.69) is 28.4 Å². The molecule has 1 fully saturated rings. The molecular weight excluding hydrogens is 224 g/mol. The maximum absolute atomic E-state index is 4.34. The molecule has 2 heterocycles. The molecule has 1 aromatic rings. The maximum atomic E-state index is 4.34. The second-order valence-corrected chi connectivity index (χ2v) is 5.19. The molecule has 0 radical (unpaired) electrons. The van der Waals surface area contributed by atoms with Crippen LogP contribution in [0.25, 0.3) is 0 Å². The van der Waals surface area contributed by atoms with Crippen molar-refractivity contribution in [2.24, 2.45) is 0 Å². The maximum Gasteiger partial charge on any atom is 0.0534 e. The van der Waals surface area contributed by atoms with E-state index in [0.717, 1.165) is 26.1 Å². The van der Waals surface area contributed by atoms with Crippen LogP contribution in [-0.2, 0) is 13.1 Å². The van der Waals surface area contributed by atoms with Gasteiger partial charge in [-0.3, -0.25) is 4.68 Å². The molecule has 1 saturated heterocycles. The summed E-state index contributed by atoms with van der Waals surface area (Å²) in [5, 5.41) is 7.84. The Morgan fingerprint density at radius 3 is 2.89 bits per heavy atom. The highest BCUT2D eigenvalue weighted by Crippen LogP contribution is 2.07. The molecule has 0 saturated carbocycles. The van der Waals surface area contributed by atoms with Crippen molar-refractivity contribution in [2.75, 3.05) is 26.2 Å². The Morgan fingerprint density at radius 1 is 1.28 bits per heavy atom. The van der Waals surface area contributed by atoms with Crippen molar-refractivity contribution >= 4 is 0 Å². The molecule has 18 heavy (non-hydrogen) atoms. The van der Waals surface area contributed by atoms with Crippen molar-refractivity contribution in [2.45, 2.75) is 45.7 Å². The van der Waals surface area contributed by atoms with E-state index in [-0.39, 0.29) is 0 Å². The Balaban J connectivity index is 1.54. The van der Waals surface area contributed by atoms with Gasteiger partial charge in [-0.05, 0) is 51.9 Å². The number of hydrogen-bond acceptors (Lipinski definition) is 3. The summed E-state index contributed by atoms with van der Waals surface area (Å²) in [7, 11) is 0. The summed E-state index contributed by atoms with van der Waals surface area (Å²) >= 11 is 0. The summed E-state index contributed by atoms with van der Waals surface area (Å²) in [5.74, 6) is 0. The molecule has 102 valence electrons. The van der Waals surface area contributed by atoms with Gasteiger partial charge in [0.1, 0.15) is 0 Å². The summed E-state index contributed by atoms with van der Waals surface area (Å²) in [6.45, 7) is 9.13. The average molecular weight is 250 g/mol. The van der Waals surface area contributed by atoms with Gasteiger partial charge in [0.2, 0.25) is 0 Å². The van der Waals surface area contributed by atoms with Crippen LogP contribution in [-0.4, -0.2) is 40.9 Å². The van der Waals surface area contributed by atoms with E-state index < -0.39 is 0 Å². The zero-order valence-electron chi connectivity index (χ0n) is 11.6. The third-order valence-corrected chi connectivity index (χ3v) is 3.50. The minimum absolute atomic E-state index is 0.948. The van der Waals surface area contributed by atoms with Gasteiger partial charge in [0.25, 0.3) is 0 Å². The zero-order valence-corrected chi connectivity index (χ0v) is 11.6. The van der Waals surface area contributed by atoms with Gasteiger partial charge in [0.15, 0.2) is 0 Å². The summed E-state index contributed by atoms with van der Waals surface area (Å²) in [6.07, 6.45) is 9.31. The smallest absolute Gasteiger partial charge is 0.0534 e. The molecule has 1 aliphatic rings. The average Bonchev–Trinajstić information content (AvgIpc) is 3.01. The van der Waals surface area contributed by atoms with E-state index in [1.807, 2.05) is 10.9 Å². The van der Waals surface area contributed by atoms with Gasteiger partial charge in [-0.2, -0.15) is 5.10 Å². The fourth-order valence-corrected chi connectivity index (χ4v) is 2.52. The molecule has 1 aliphatic heterocycles. The van der Waals surface area contributed by atoms with Gasteiger partial charge < -0.3 is 10.2 Å². The Morgan fingerprint density at radius 2 is 2.11 bits per heavy atom. The second-order valence-electron chi connectivity index (χ2n) is 5.19. The highest BCUT2D eigenvalue weighted by atomic mass is 15.3. The predicted molar refractivity (Wildman–Crippen MR) is 74.5 cm³/mol. The van der Waals surface area contributed by atoms with Crippen molar-refractivity contribution in [3.63, 3.8) is 0 Å². The van der Waals surface area contributed by atoms with Crippen LogP contribution in [0.5, 0.6) is 0 Å². The van der Waals surface area contributed by atoms with Crippen molar-refractivity contribution in [1.82, 2.24) is 20.0 Å². The highest BCUT2D eigenvalue weighted by Gasteiger charge is 2.09. The number of likely N-dealkylation sites (tertiary alicyclic amines) is 1. The minimum atomic E-state index is 0.948. The van der Waals surface area contributed by atoms with Gasteiger partial charge in [0, 0.05) is 24.8 Å². The second kappa shape index (κ2) is 7.54. The molecule has 2 rings (SSSR count). The van der Waals surface area contributed by atoms with Crippen LogP contribution in [0.3, 0.4) is 0 Å². The quantitative estimate of drug-likeness (QED) is 0.715. The van der Waals surface area contributed by atoms with Crippen LogP contribution in [0.15, 0.2) is 12.4 Å². The first-order valence-electron chi connectivity index (χ1n) is 7.33. The molecule has 1 N–H and O–H groups in total. The minimum Gasteiger partial charge on any atom is -0.313 e. The van der Waals surface area contributed by atoms with E-state index in [9.17, 15) is 0 Å². The number of hydrogen-bond donors (Lipinski definition) is 1. The third-order valence-electron chi connectivity index (χ3n) is 3.50. The lowest BCUT2D eigenvalue weighted by Gasteiger charge is -2.14. The molecule has 0 spiro atoms. The first-order valence-corrected chi connectivity index (χ1v) is 7.33. The fourth-order valence-electron chi connectivity index (χ4n) is 2.52. The van der Waals surface area contributed by atoms with Crippen LogP contribution in [0.2, 0.25) is 0 Å². The Hall–Kier alpha value is -0.870. The summed E-state index contributed by atoms with van der Waals surface area (Å²) in [4.78, 5) is 2.57. The lowest BCUT2D eigenvalue weighted by molar-refractivity contribution is 0.331. The van der Waals surface area contributed by atoms with Gasteiger partial charge in [0.05, 0.1) is 6.20 Å². The number of aromatic nitrogens is 2. The van der Waals surface area contributed by atoms with E-state index in [1.54, 1.807) is 0 Å². The van der Waals surface area contributed by atoms with Crippen molar-refractivity contribution in [3.05, 3.63) is 18.0 Å². The molecule has 1 aromatic heterocycles. The standard InChI is InChI=1S/C14H26N4/c1-2-7-18-13-14(12-16-18)11-15-6-5-10-17-8-3-4-9-17/h12-13,15H,2-11H2,1H3. The first kappa shape index (κ1) is 13.6. The van der Waals surface area contributed by atoms with E-state index in [0.29, 0.717) is 0 Å². The van der Waals surface area contributed by atoms with Crippen LogP contribution in [0, 0.1) is 0 Å². The number of nitrogens with one attached hydrogen (secondary N) is 1. The van der Waals surface area contributed by atoms with E-state index >= 15 is 0 Å². The van der Waals surface area contributed by atoms with Gasteiger partial charge in [-0.1, -0.05) is 6.92 Å². The topological polar surface area (TPSA) is 33.1 Å². The Bertz CT molecular complexity index is 328. The van der Waals surface area contributed by atoms with Gasteiger partial charge >= 0.3 is 0 Å². The number of rotatable bonds is 8. The monoisotopic (exact) mass is 250 g/mol. The van der Waals surface area contributed by atoms with Gasteiger partial charge in [-0.15, -0.1) is 0 Å². The normalized spacial score (nSPS) is 16.5. The summed E-state index contributed by atoms with van der Waals surface area (Å²) in [6, 6.07) is 0. The molecule has 0 aromatic carbocycles.